The zero-order chi connectivity index (χ0) is 11.1. The summed E-state index contributed by atoms with van der Waals surface area (Å²) in [6.07, 6.45) is 4.15. The molecule has 6 heteroatoms. The molecule has 0 saturated heterocycles. The van der Waals surface area contributed by atoms with Crippen LogP contribution in [-0.4, -0.2) is 29.6 Å². The Labute approximate surface area is 96.4 Å². The third-order valence-electron chi connectivity index (χ3n) is 1.64. The molecule has 0 unspecified atom stereocenters. The molecule has 0 aromatic carbocycles. The molecule has 5 nitrogen and oxygen atoms in total. The predicted molar refractivity (Wildman–Crippen MR) is 59.5 cm³/mol. The zero-order valence-corrected chi connectivity index (χ0v) is 9.95. The predicted octanol–water partition coefficient (Wildman–Crippen LogP) is 1.60. The van der Waals surface area contributed by atoms with Gasteiger partial charge in [0, 0.05) is 20.1 Å². The van der Waals surface area contributed by atoms with E-state index in [0.29, 0.717) is 29.9 Å². The second-order valence-corrected chi connectivity index (χ2v) is 3.68. The molecule has 1 aromatic heterocycles. The Morgan fingerprint density at radius 2 is 2.33 bits per heavy atom. The molecule has 0 aliphatic rings. The molecule has 82 valence electrons. The van der Waals surface area contributed by atoms with Crippen LogP contribution in [0.15, 0.2) is 17.0 Å². The Hall–Kier alpha value is -1.01. The van der Waals surface area contributed by atoms with Gasteiger partial charge in [0.1, 0.15) is 4.60 Å². The van der Waals surface area contributed by atoms with Gasteiger partial charge in [-0.25, -0.2) is 9.97 Å². The molecule has 1 heterocycles. The van der Waals surface area contributed by atoms with Gasteiger partial charge in [-0.2, -0.15) is 0 Å². The topological polar surface area (TPSA) is 64.1 Å². The standard InChI is InChI=1S/C9H12BrN3O2/c1-15-4-2-3-9(14)13-8-6-11-7(10)5-12-8/h5-6H,2-4H2,1H3,(H,12,13,14). The molecule has 1 rings (SSSR count). The highest BCUT2D eigenvalue weighted by Crippen LogP contribution is 2.06. The van der Waals surface area contributed by atoms with E-state index in [1.165, 1.54) is 12.4 Å². The normalized spacial score (nSPS) is 10.0. The van der Waals surface area contributed by atoms with Gasteiger partial charge >= 0.3 is 0 Å². The molecule has 1 aromatic rings. The van der Waals surface area contributed by atoms with E-state index < -0.39 is 0 Å². The van der Waals surface area contributed by atoms with Gasteiger partial charge in [0.25, 0.3) is 0 Å². The van der Waals surface area contributed by atoms with Crippen molar-refractivity contribution in [1.82, 2.24) is 9.97 Å². The first kappa shape index (κ1) is 12.1. The van der Waals surface area contributed by atoms with Crippen LogP contribution in [-0.2, 0) is 9.53 Å². The maximum Gasteiger partial charge on any atom is 0.225 e. The van der Waals surface area contributed by atoms with Gasteiger partial charge in [0.2, 0.25) is 5.91 Å². The summed E-state index contributed by atoms with van der Waals surface area (Å²) in [6.45, 7) is 0.583. The van der Waals surface area contributed by atoms with E-state index in [0.717, 1.165) is 0 Å². The van der Waals surface area contributed by atoms with Crippen LogP contribution in [0.4, 0.5) is 5.82 Å². The lowest BCUT2D eigenvalue weighted by atomic mass is 10.3. The van der Waals surface area contributed by atoms with E-state index in [1.807, 2.05) is 0 Å². The van der Waals surface area contributed by atoms with E-state index in [9.17, 15) is 4.79 Å². The van der Waals surface area contributed by atoms with Crippen molar-refractivity contribution in [3.63, 3.8) is 0 Å². The number of carbonyl (C=O) groups excluding carboxylic acids is 1. The smallest absolute Gasteiger partial charge is 0.225 e. The molecule has 0 aliphatic carbocycles. The quantitative estimate of drug-likeness (QED) is 0.828. The SMILES string of the molecule is COCCCC(=O)Nc1cnc(Br)cn1. The molecule has 1 amide bonds. The van der Waals surface area contributed by atoms with Gasteiger partial charge in [-0.15, -0.1) is 0 Å². The molecule has 0 aliphatic heterocycles. The van der Waals surface area contributed by atoms with Crippen LogP contribution in [0.25, 0.3) is 0 Å². The maximum atomic E-state index is 11.3. The van der Waals surface area contributed by atoms with Gasteiger partial charge in [0.15, 0.2) is 5.82 Å². The Kier molecular flexibility index (Phi) is 5.20. The van der Waals surface area contributed by atoms with Crippen molar-refractivity contribution in [1.29, 1.82) is 0 Å². The first-order valence-electron chi connectivity index (χ1n) is 4.48. The summed E-state index contributed by atoms with van der Waals surface area (Å²) in [5.41, 5.74) is 0. The lowest BCUT2D eigenvalue weighted by molar-refractivity contribution is -0.116. The van der Waals surface area contributed by atoms with E-state index in [4.69, 9.17) is 4.74 Å². The number of rotatable bonds is 5. The number of aromatic nitrogens is 2. The third-order valence-corrected chi connectivity index (χ3v) is 2.05. The van der Waals surface area contributed by atoms with Crippen LogP contribution in [0.3, 0.4) is 0 Å². The number of ether oxygens (including phenoxy) is 1. The average molecular weight is 274 g/mol. The van der Waals surface area contributed by atoms with Crippen LogP contribution < -0.4 is 5.32 Å². The summed E-state index contributed by atoms with van der Waals surface area (Å²) < 4.78 is 5.48. The summed E-state index contributed by atoms with van der Waals surface area (Å²) >= 11 is 3.16. The number of halogens is 1. The second-order valence-electron chi connectivity index (χ2n) is 2.87. The van der Waals surface area contributed by atoms with Crippen molar-refractivity contribution in [3.05, 3.63) is 17.0 Å². The summed E-state index contributed by atoms with van der Waals surface area (Å²) in [6, 6.07) is 0. The first-order chi connectivity index (χ1) is 7.22. The summed E-state index contributed by atoms with van der Waals surface area (Å²) in [5, 5.41) is 2.64. The monoisotopic (exact) mass is 273 g/mol. The molecule has 0 fully saturated rings. The molecule has 1 N–H and O–H groups in total. The molecule has 0 radical (unpaired) electrons. The largest absolute Gasteiger partial charge is 0.385 e. The number of methoxy groups -OCH3 is 1. The summed E-state index contributed by atoms with van der Waals surface area (Å²) in [4.78, 5) is 19.2. The molecule has 0 bridgehead atoms. The average Bonchev–Trinajstić information content (AvgIpc) is 2.22. The van der Waals surface area contributed by atoms with E-state index in [-0.39, 0.29) is 5.91 Å². The number of carbonyl (C=O) groups is 1. The highest BCUT2D eigenvalue weighted by atomic mass is 79.9. The molecule has 15 heavy (non-hydrogen) atoms. The number of hydrogen-bond acceptors (Lipinski definition) is 4. The molecule has 0 atom stereocenters. The lowest BCUT2D eigenvalue weighted by Crippen LogP contribution is -2.13. The van der Waals surface area contributed by atoms with Crippen LogP contribution in [0, 0.1) is 0 Å². The van der Waals surface area contributed by atoms with Crippen molar-refractivity contribution in [2.45, 2.75) is 12.8 Å². The first-order valence-corrected chi connectivity index (χ1v) is 5.28. The van der Waals surface area contributed by atoms with Crippen LogP contribution >= 0.6 is 15.9 Å². The minimum atomic E-state index is -0.0799. The van der Waals surface area contributed by atoms with Gasteiger partial charge in [-0.3, -0.25) is 4.79 Å². The Bertz CT molecular complexity index is 316. The van der Waals surface area contributed by atoms with Crippen molar-refractivity contribution in [3.8, 4) is 0 Å². The van der Waals surface area contributed by atoms with Crippen LogP contribution in [0.2, 0.25) is 0 Å². The Morgan fingerprint density at radius 3 is 2.93 bits per heavy atom. The number of nitrogens with zero attached hydrogens (tertiary/aromatic N) is 2. The van der Waals surface area contributed by atoms with Crippen molar-refractivity contribution < 1.29 is 9.53 Å². The fourth-order valence-electron chi connectivity index (χ4n) is 0.959. The second kappa shape index (κ2) is 6.47. The number of anilines is 1. The van der Waals surface area contributed by atoms with Crippen molar-refractivity contribution in [2.75, 3.05) is 19.0 Å². The maximum absolute atomic E-state index is 11.3. The minimum Gasteiger partial charge on any atom is -0.385 e. The molecular weight excluding hydrogens is 262 g/mol. The minimum absolute atomic E-state index is 0.0799. The number of nitrogens with one attached hydrogen (secondary N) is 1. The lowest BCUT2D eigenvalue weighted by Gasteiger charge is -2.03. The summed E-state index contributed by atoms with van der Waals surface area (Å²) in [7, 11) is 1.61. The van der Waals surface area contributed by atoms with Gasteiger partial charge in [-0.05, 0) is 22.4 Å². The van der Waals surface area contributed by atoms with Gasteiger partial charge < -0.3 is 10.1 Å². The number of hydrogen-bond donors (Lipinski definition) is 1. The van der Waals surface area contributed by atoms with Crippen molar-refractivity contribution >= 4 is 27.7 Å². The van der Waals surface area contributed by atoms with E-state index in [2.05, 4.69) is 31.2 Å². The fraction of sp³-hybridized carbons (Fsp3) is 0.444. The Balaban J connectivity index is 2.34. The third kappa shape index (κ3) is 4.85. The highest BCUT2D eigenvalue weighted by Gasteiger charge is 2.02. The molecular formula is C9H12BrN3O2. The van der Waals surface area contributed by atoms with Gasteiger partial charge in [0.05, 0.1) is 12.4 Å². The molecule has 0 saturated carbocycles. The Morgan fingerprint density at radius 1 is 1.53 bits per heavy atom. The van der Waals surface area contributed by atoms with E-state index in [1.54, 1.807) is 7.11 Å². The number of amides is 1. The summed E-state index contributed by atoms with van der Waals surface area (Å²) in [5.74, 6) is 0.379. The van der Waals surface area contributed by atoms with Crippen LogP contribution in [0.1, 0.15) is 12.8 Å². The van der Waals surface area contributed by atoms with Gasteiger partial charge in [-0.1, -0.05) is 0 Å². The van der Waals surface area contributed by atoms with Crippen molar-refractivity contribution in [2.24, 2.45) is 0 Å². The highest BCUT2D eigenvalue weighted by molar-refractivity contribution is 9.10. The van der Waals surface area contributed by atoms with Crippen LogP contribution in [0.5, 0.6) is 0 Å². The fourth-order valence-corrected chi connectivity index (χ4v) is 1.16. The molecule has 0 spiro atoms. The van der Waals surface area contributed by atoms with E-state index >= 15 is 0 Å². The zero-order valence-electron chi connectivity index (χ0n) is 8.36.